The highest BCUT2D eigenvalue weighted by molar-refractivity contribution is 7.22. The molecule has 2 aromatic carbocycles. The maximum atomic E-state index is 12.5. The third kappa shape index (κ3) is 3.87. The first-order chi connectivity index (χ1) is 13.5. The highest BCUT2D eigenvalue weighted by Crippen LogP contribution is 2.42. The van der Waals surface area contributed by atoms with E-state index in [0.717, 1.165) is 0 Å². The number of benzene rings is 2. The number of ether oxygens (including phenoxy) is 3. The Morgan fingerprint density at radius 3 is 2.46 bits per heavy atom. The second kappa shape index (κ2) is 8.68. The van der Waals surface area contributed by atoms with E-state index >= 15 is 0 Å². The maximum Gasteiger partial charge on any atom is 0.283 e. The molecule has 0 bridgehead atoms. The van der Waals surface area contributed by atoms with Crippen LogP contribution in [0.15, 0.2) is 35.4 Å². The number of carbonyl (C=O) groups excluding carboxylic acids is 1. The minimum absolute atomic E-state index is 0.311. The Morgan fingerprint density at radius 1 is 1.04 bits per heavy atom. The van der Waals surface area contributed by atoms with Crippen LogP contribution in [0.3, 0.4) is 0 Å². The van der Waals surface area contributed by atoms with Crippen molar-refractivity contribution in [2.45, 2.75) is 0 Å². The first-order valence-electron chi connectivity index (χ1n) is 8.00. The van der Waals surface area contributed by atoms with E-state index < -0.39 is 5.91 Å². The molecule has 1 amide bonds. The van der Waals surface area contributed by atoms with Crippen LogP contribution in [0, 0.1) is 0 Å². The Bertz CT molecular complexity index is 1070. The van der Waals surface area contributed by atoms with Gasteiger partial charge < -0.3 is 14.2 Å². The fourth-order valence-electron chi connectivity index (χ4n) is 2.52. The molecule has 0 aliphatic carbocycles. The van der Waals surface area contributed by atoms with Crippen molar-refractivity contribution in [3.8, 4) is 17.2 Å². The molecule has 0 saturated heterocycles. The second-order valence-corrected chi connectivity index (χ2v) is 7.29. The van der Waals surface area contributed by atoms with Gasteiger partial charge in [0, 0.05) is 17.0 Å². The van der Waals surface area contributed by atoms with E-state index in [1.807, 2.05) is 0 Å². The lowest BCUT2D eigenvalue weighted by Crippen LogP contribution is -2.16. The summed E-state index contributed by atoms with van der Waals surface area (Å²) in [7, 11) is 4.64. The van der Waals surface area contributed by atoms with Crippen molar-refractivity contribution in [2.24, 2.45) is 5.10 Å². The Hall–Kier alpha value is -2.48. The monoisotopic (exact) mass is 438 g/mol. The van der Waals surface area contributed by atoms with Gasteiger partial charge in [0.05, 0.1) is 37.3 Å². The van der Waals surface area contributed by atoms with Crippen LogP contribution >= 0.6 is 34.5 Å². The van der Waals surface area contributed by atoms with E-state index in [4.69, 9.17) is 37.4 Å². The number of carbonyl (C=O) groups is 1. The Balaban J connectivity index is 1.83. The number of amides is 1. The lowest BCUT2D eigenvalue weighted by atomic mass is 10.2. The third-order valence-electron chi connectivity index (χ3n) is 3.94. The number of rotatable bonds is 6. The molecule has 0 aliphatic heterocycles. The first-order valence-corrected chi connectivity index (χ1v) is 9.57. The summed E-state index contributed by atoms with van der Waals surface area (Å²) < 4.78 is 16.3. The summed E-state index contributed by atoms with van der Waals surface area (Å²) >= 11 is 13.9. The standard InChI is InChI=1S/C19H16Cl2N2O4S/c1-25-11-5-4-10(14(8-11)27-3)9-22-23-19(24)18-15(20)12-6-7-13(26-2)16(21)17(12)28-18/h4-9H,1-3H3,(H,23,24)/b22-9+. The Labute approximate surface area is 175 Å². The van der Waals surface area contributed by atoms with Gasteiger partial charge in [-0.2, -0.15) is 5.10 Å². The summed E-state index contributed by atoms with van der Waals surface area (Å²) in [6.07, 6.45) is 1.48. The molecule has 0 fully saturated rings. The molecular formula is C19H16Cl2N2O4S. The largest absolute Gasteiger partial charge is 0.497 e. The zero-order valence-electron chi connectivity index (χ0n) is 15.2. The molecule has 3 aromatic rings. The van der Waals surface area contributed by atoms with Gasteiger partial charge in [0.15, 0.2) is 0 Å². The molecule has 9 heteroatoms. The van der Waals surface area contributed by atoms with Crippen LogP contribution in [-0.4, -0.2) is 33.5 Å². The van der Waals surface area contributed by atoms with Crippen molar-refractivity contribution in [2.75, 3.05) is 21.3 Å². The van der Waals surface area contributed by atoms with Gasteiger partial charge >= 0.3 is 0 Å². The molecule has 146 valence electrons. The van der Waals surface area contributed by atoms with Gasteiger partial charge in [0.2, 0.25) is 0 Å². The molecular weight excluding hydrogens is 423 g/mol. The van der Waals surface area contributed by atoms with Gasteiger partial charge in [-0.3, -0.25) is 4.79 Å². The van der Waals surface area contributed by atoms with E-state index in [2.05, 4.69) is 10.5 Å². The summed E-state index contributed by atoms with van der Waals surface area (Å²) in [5.41, 5.74) is 3.15. The molecule has 1 aromatic heterocycles. The number of hydrogen-bond donors (Lipinski definition) is 1. The van der Waals surface area contributed by atoms with Gasteiger partial charge in [0.25, 0.3) is 5.91 Å². The van der Waals surface area contributed by atoms with Crippen molar-refractivity contribution >= 4 is 56.7 Å². The maximum absolute atomic E-state index is 12.5. The average Bonchev–Trinajstić information content (AvgIpc) is 3.06. The topological polar surface area (TPSA) is 69.2 Å². The number of nitrogens with one attached hydrogen (secondary N) is 1. The zero-order chi connectivity index (χ0) is 20.3. The number of fused-ring (bicyclic) bond motifs is 1. The molecule has 1 heterocycles. The fourth-order valence-corrected chi connectivity index (χ4v) is 4.30. The van der Waals surface area contributed by atoms with Gasteiger partial charge in [-0.15, -0.1) is 11.3 Å². The lowest BCUT2D eigenvalue weighted by Gasteiger charge is -2.06. The normalized spacial score (nSPS) is 11.0. The predicted octanol–water partition coefficient (Wildman–Crippen LogP) is 5.00. The third-order valence-corrected chi connectivity index (χ3v) is 6.15. The van der Waals surface area contributed by atoms with Crippen LogP contribution in [0.2, 0.25) is 10.0 Å². The summed E-state index contributed by atoms with van der Waals surface area (Å²) in [5, 5.41) is 5.41. The van der Waals surface area contributed by atoms with Crippen LogP contribution < -0.4 is 19.6 Å². The Morgan fingerprint density at radius 2 is 1.79 bits per heavy atom. The van der Waals surface area contributed by atoms with Gasteiger partial charge in [-0.25, -0.2) is 5.43 Å². The van der Waals surface area contributed by atoms with Gasteiger partial charge in [-0.05, 0) is 24.3 Å². The summed E-state index contributed by atoms with van der Waals surface area (Å²) in [5.74, 6) is 1.30. The number of halogens is 2. The van der Waals surface area contributed by atoms with Crippen LogP contribution in [-0.2, 0) is 0 Å². The molecule has 0 radical (unpaired) electrons. The zero-order valence-corrected chi connectivity index (χ0v) is 17.5. The molecule has 0 atom stereocenters. The molecule has 1 N–H and O–H groups in total. The highest BCUT2D eigenvalue weighted by atomic mass is 35.5. The smallest absolute Gasteiger partial charge is 0.283 e. The minimum Gasteiger partial charge on any atom is -0.497 e. The van der Waals surface area contributed by atoms with Crippen LogP contribution in [0.25, 0.3) is 10.1 Å². The number of nitrogens with zero attached hydrogens (tertiary/aromatic N) is 1. The summed E-state index contributed by atoms with van der Waals surface area (Å²) in [4.78, 5) is 12.8. The molecule has 0 aliphatic rings. The van der Waals surface area contributed by atoms with Crippen LogP contribution in [0.1, 0.15) is 15.2 Å². The predicted molar refractivity (Wildman–Crippen MR) is 113 cm³/mol. The van der Waals surface area contributed by atoms with Crippen molar-refractivity contribution in [3.05, 3.63) is 50.8 Å². The second-order valence-electron chi connectivity index (χ2n) is 5.51. The highest BCUT2D eigenvalue weighted by Gasteiger charge is 2.20. The molecule has 0 unspecified atom stereocenters. The van der Waals surface area contributed by atoms with Crippen LogP contribution in [0.4, 0.5) is 0 Å². The van der Waals surface area contributed by atoms with Crippen molar-refractivity contribution in [1.82, 2.24) is 5.43 Å². The number of hydrogen-bond acceptors (Lipinski definition) is 6. The molecule has 3 rings (SSSR count). The summed E-state index contributed by atoms with van der Waals surface area (Å²) in [6, 6.07) is 8.73. The van der Waals surface area contributed by atoms with E-state index in [1.54, 1.807) is 44.6 Å². The van der Waals surface area contributed by atoms with E-state index in [-0.39, 0.29) is 0 Å². The summed E-state index contributed by atoms with van der Waals surface area (Å²) in [6.45, 7) is 0. The Kier molecular flexibility index (Phi) is 6.28. The lowest BCUT2D eigenvalue weighted by molar-refractivity contribution is 0.0959. The van der Waals surface area contributed by atoms with Crippen molar-refractivity contribution in [1.29, 1.82) is 0 Å². The number of methoxy groups -OCH3 is 3. The van der Waals surface area contributed by atoms with E-state index in [9.17, 15) is 4.79 Å². The van der Waals surface area contributed by atoms with Gasteiger partial charge in [-0.1, -0.05) is 23.2 Å². The number of thiophene rings is 1. The minimum atomic E-state index is -0.440. The molecule has 6 nitrogen and oxygen atoms in total. The molecule has 28 heavy (non-hydrogen) atoms. The van der Waals surface area contributed by atoms with E-state index in [1.165, 1.54) is 24.7 Å². The van der Waals surface area contributed by atoms with Crippen LogP contribution in [0.5, 0.6) is 17.2 Å². The first kappa shape index (κ1) is 20.3. The van der Waals surface area contributed by atoms with E-state index in [0.29, 0.717) is 47.8 Å². The average molecular weight is 439 g/mol. The van der Waals surface area contributed by atoms with Crippen molar-refractivity contribution in [3.63, 3.8) is 0 Å². The SMILES string of the molecule is COc1ccc(/C=N/NC(=O)c2sc3c(Cl)c(OC)ccc3c2Cl)c(OC)c1. The van der Waals surface area contributed by atoms with Gasteiger partial charge in [0.1, 0.15) is 27.1 Å². The fraction of sp³-hybridized carbons (Fsp3) is 0.158. The molecule has 0 saturated carbocycles. The number of hydrazone groups is 1. The quantitative estimate of drug-likeness (QED) is 0.434. The van der Waals surface area contributed by atoms with Crippen molar-refractivity contribution < 1.29 is 19.0 Å². The molecule has 0 spiro atoms.